The average molecular weight is 361 g/mol. The zero-order chi connectivity index (χ0) is 18.2. The van der Waals surface area contributed by atoms with Crippen LogP contribution in [0.15, 0.2) is 54.6 Å². The fourth-order valence-electron chi connectivity index (χ4n) is 2.36. The van der Waals surface area contributed by atoms with E-state index in [0.717, 1.165) is 5.56 Å². The van der Waals surface area contributed by atoms with Gasteiger partial charge in [-0.1, -0.05) is 48.0 Å². The van der Waals surface area contributed by atoms with E-state index in [4.69, 9.17) is 16.3 Å². The summed E-state index contributed by atoms with van der Waals surface area (Å²) in [6.07, 6.45) is 0. The molecule has 0 bridgehead atoms. The van der Waals surface area contributed by atoms with Gasteiger partial charge in [0.2, 0.25) is 5.91 Å². The first kappa shape index (κ1) is 18.8. The van der Waals surface area contributed by atoms with Crippen LogP contribution in [0.4, 0.5) is 0 Å². The van der Waals surface area contributed by atoms with Crippen molar-refractivity contribution in [3.05, 3.63) is 65.2 Å². The number of benzene rings is 2. The Hall–Kier alpha value is -2.53. The maximum atomic E-state index is 12.7. The Balaban J connectivity index is 2.10. The first-order valence-electron chi connectivity index (χ1n) is 7.94. The molecule has 1 atom stereocenters. The topological polar surface area (TPSA) is 58.6 Å². The van der Waals surface area contributed by atoms with Crippen LogP contribution >= 0.6 is 11.6 Å². The van der Waals surface area contributed by atoms with Crippen molar-refractivity contribution in [2.75, 3.05) is 13.7 Å². The molecule has 0 heterocycles. The molecule has 0 aliphatic carbocycles. The standard InChI is InChI=1S/C19H21ClN2O3/c1-14(19(24)21-2)22(12-15-7-4-3-5-8-15)18(23)13-25-17-10-6-9-16(20)11-17/h3-11,14H,12-13H2,1-2H3,(H,21,24)/t14-/m1/s1. The Labute approximate surface area is 152 Å². The van der Waals surface area contributed by atoms with E-state index in [1.807, 2.05) is 30.3 Å². The number of carbonyl (C=O) groups is 2. The molecule has 0 spiro atoms. The summed E-state index contributed by atoms with van der Waals surface area (Å²) in [5.41, 5.74) is 0.939. The molecule has 0 unspecified atom stereocenters. The molecule has 2 aromatic carbocycles. The summed E-state index contributed by atoms with van der Waals surface area (Å²) in [5.74, 6) is 0.0000671. The number of rotatable bonds is 7. The van der Waals surface area contributed by atoms with E-state index in [1.54, 1.807) is 38.2 Å². The molecule has 132 valence electrons. The molecule has 6 heteroatoms. The van der Waals surface area contributed by atoms with Crippen LogP contribution in [0, 0.1) is 0 Å². The van der Waals surface area contributed by atoms with Crippen LogP contribution in [0.1, 0.15) is 12.5 Å². The Morgan fingerprint density at radius 2 is 1.88 bits per heavy atom. The molecule has 2 amide bonds. The first-order valence-corrected chi connectivity index (χ1v) is 8.32. The van der Waals surface area contributed by atoms with Crippen molar-refractivity contribution in [3.8, 4) is 5.75 Å². The largest absolute Gasteiger partial charge is 0.484 e. The molecule has 25 heavy (non-hydrogen) atoms. The van der Waals surface area contributed by atoms with Gasteiger partial charge in [-0.2, -0.15) is 0 Å². The number of amides is 2. The van der Waals surface area contributed by atoms with Crippen molar-refractivity contribution in [2.24, 2.45) is 0 Å². The van der Waals surface area contributed by atoms with Crippen molar-refractivity contribution in [1.29, 1.82) is 0 Å². The lowest BCUT2D eigenvalue weighted by Crippen LogP contribution is -2.48. The lowest BCUT2D eigenvalue weighted by Gasteiger charge is -2.28. The lowest BCUT2D eigenvalue weighted by atomic mass is 10.1. The summed E-state index contributed by atoms with van der Waals surface area (Å²) in [7, 11) is 1.55. The highest BCUT2D eigenvalue weighted by Crippen LogP contribution is 2.17. The van der Waals surface area contributed by atoms with Gasteiger partial charge in [0.25, 0.3) is 5.91 Å². The molecule has 0 saturated heterocycles. The maximum absolute atomic E-state index is 12.7. The molecule has 0 aliphatic heterocycles. The summed E-state index contributed by atoms with van der Waals surface area (Å²) < 4.78 is 5.52. The highest BCUT2D eigenvalue weighted by molar-refractivity contribution is 6.30. The zero-order valence-electron chi connectivity index (χ0n) is 14.2. The second-order valence-corrected chi connectivity index (χ2v) is 5.98. The van der Waals surface area contributed by atoms with Crippen LogP contribution in [-0.4, -0.2) is 36.4 Å². The zero-order valence-corrected chi connectivity index (χ0v) is 15.0. The Kier molecular flexibility index (Phi) is 6.83. The fourth-order valence-corrected chi connectivity index (χ4v) is 2.54. The predicted octanol–water partition coefficient (Wildman–Crippen LogP) is 2.88. The molecule has 2 rings (SSSR count). The second kappa shape index (κ2) is 9.08. The normalized spacial score (nSPS) is 11.5. The van der Waals surface area contributed by atoms with E-state index in [-0.39, 0.29) is 18.4 Å². The maximum Gasteiger partial charge on any atom is 0.261 e. The minimum atomic E-state index is -0.610. The minimum Gasteiger partial charge on any atom is -0.484 e. The van der Waals surface area contributed by atoms with Crippen molar-refractivity contribution >= 4 is 23.4 Å². The van der Waals surface area contributed by atoms with Gasteiger partial charge in [0.1, 0.15) is 11.8 Å². The number of nitrogens with one attached hydrogen (secondary N) is 1. The van der Waals surface area contributed by atoms with Crippen LogP contribution in [0.3, 0.4) is 0 Å². The number of ether oxygens (including phenoxy) is 1. The quantitative estimate of drug-likeness (QED) is 0.826. The molecule has 0 aliphatic rings. The van der Waals surface area contributed by atoms with Crippen molar-refractivity contribution < 1.29 is 14.3 Å². The van der Waals surface area contributed by atoms with Gasteiger partial charge in [-0.3, -0.25) is 9.59 Å². The predicted molar refractivity (Wildman–Crippen MR) is 97.5 cm³/mol. The number of likely N-dealkylation sites (N-methyl/N-ethyl adjacent to an activating group) is 1. The third-order valence-corrected chi connectivity index (χ3v) is 4.00. The molecular weight excluding hydrogens is 340 g/mol. The van der Waals surface area contributed by atoms with Gasteiger partial charge in [-0.25, -0.2) is 0 Å². The molecule has 0 fully saturated rings. The molecule has 0 aromatic heterocycles. The third kappa shape index (κ3) is 5.50. The summed E-state index contributed by atoms with van der Waals surface area (Å²) in [6, 6.07) is 15.7. The monoisotopic (exact) mass is 360 g/mol. The fraction of sp³-hybridized carbons (Fsp3) is 0.263. The van der Waals surface area contributed by atoms with Gasteiger partial charge in [0.15, 0.2) is 6.61 Å². The van der Waals surface area contributed by atoms with Crippen LogP contribution in [0.25, 0.3) is 0 Å². The minimum absolute atomic E-state index is 0.172. The highest BCUT2D eigenvalue weighted by Gasteiger charge is 2.25. The van der Waals surface area contributed by atoms with E-state index in [2.05, 4.69) is 5.32 Å². The summed E-state index contributed by atoms with van der Waals surface area (Å²) >= 11 is 5.91. The molecule has 0 radical (unpaired) electrons. The molecule has 0 saturated carbocycles. The molecule has 5 nitrogen and oxygen atoms in total. The molecule has 1 N–H and O–H groups in total. The average Bonchev–Trinajstić information content (AvgIpc) is 2.64. The lowest BCUT2D eigenvalue weighted by molar-refractivity contribution is -0.142. The van der Waals surface area contributed by atoms with Crippen molar-refractivity contribution in [2.45, 2.75) is 19.5 Å². The van der Waals surface area contributed by atoms with E-state index in [1.165, 1.54) is 4.90 Å². The van der Waals surface area contributed by atoms with Crippen LogP contribution in [0.2, 0.25) is 5.02 Å². The van der Waals surface area contributed by atoms with Crippen LogP contribution in [-0.2, 0) is 16.1 Å². The highest BCUT2D eigenvalue weighted by atomic mass is 35.5. The number of carbonyl (C=O) groups excluding carboxylic acids is 2. The van der Waals surface area contributed by atoms with Crippen LogP contribution in [0.5, 0.6) is 5.75 Å². The van der Waals surface area contributed by atoms with Gasteiger partial charge in [0.05, 0.1) is 0 Å². The SMILES string of the molecule is CNC(=O)[C@@H](C)N(Cc1ccccc1)C(=O)COc1cccc(Cl)c1. The van der Waals surface area contributed by atoms with Gasteiger partial charge < -0.3 is 15.0 Å². The Morgan fingerprint density at radius 1 is 1.16 bits per heavy atom. The van der Waals surface area contributed by atoms with E-state index in [0.29, 0.717) is 17.3 Å². The van der Waals surface area contributed by atoms with Gasteiger partial charge in [0, 0.05) is 18.6 Å². The summed E-state index contributed by atoms with van der Waals surface area (Å²) in [4.78, 5) is 26.2. The number of hydrogen-bond acceptors (Lipinski definition) is 3. The van der Waals surface area contributed by atoms with Gasteiger partial charge in [-0.05, 0) is 30.7 Å². The smallest absolute Gasteiger partial charge is 0.261 e. The van der Waals surface area contributed by atoms with Gasteiger partial charge in [-0.15, -0.1) is 0 Å². The molecular formula is C19H21ClN2O3. The second-order valence-electron chi connectivity index (χ2n) is 5.54. The van der Waals surface area contributed by atoms with Crippen LogP contribution < -0.4 is 10.1 Å². The number of hydrogen-bond donors (Lipinski definition) is 1. The van der Waals surface area contributed by atoms with E-state index in [9.17, 15) is 9.59 Å². The first-order chi connectivity index (χ1) is 12.0. The van der Waals surface area contributed by atoms with Crippen molar-refractivity contribution in [3.63, 3.8) is 0 Å². The van der Waals surface area contributed by atoms with E-state index >= 15 is 0 Å². The molecule has 2 aromatic rings. The Bertz CT molecular complexity index is 722. The van der Waals surface area contributed by atoms with E-state index < -0.39 is 6.04 Å². The Morgan fingerprint density at radius 3 is 2.52 bits per heavy atom. The number of halogens is 1. The summed E-state index contributed by atoms with van der Waals surface area (Å²) in [5, 5.41) is 3.11. The van der Waals surface area contributed by atoms with Gasteiger partial charge >= 0.3 is 0 Å². The van der Waals surface area contributed by atoms with Crippen molar-refractivity contribution in [1.82, 2.24) is 10.2 Å². The third-order valence-electron chi connectivity index (χ3n) is 3.77. The summed E-state index contributed by atoms with van der Waals surface area (Å²) in [6.45, 7) is 1.85. The number of nitrogens with zero attached hydrogens (tertiary/aromatic N) is 1.